The number of nitrogens with zero attached hydrogens (tertiary/aromatic N) is 5. The van der Waals surface area contributed by atoms with Crippen molar-refractivity contribution in [2.45, 2.75) is 25.9 Å². The fourth-order valence-electron chi connectivity index (χ4n) is 4.73. The average molecular weight is 457 g/mol. The molecule has 5 rings (SSSR count). The number of likely N-dealkylation sites (N-methyl/N-ethyl adjacent to an activating group) is 1. The van der Waals surface area contributed by atoms with Crippen LogP contribution in [0.5, 0.6) is 0 Å². The van der Waals surface area contributed by atoms with Crippen LogP contribution in [0.4, 0.5) is 5.69 Å². The fourth-order valence-corrected chi connectivity index (χ4v) is 6.25. The molecule has 0 unspecified atom stereocenters. The average Bonchev–Trinajstić information content (AvgIpc) is 3.14. The zero-order chi connectivity index (χ0) is 21.4. The van der Waals surface area contributed by atoms with E-state index in [0.717, 1.165) is 86.1 Å². The van der Waals surface area contributed by atoms with Crippen LogP contribution in [-0.4, -0.2) is 65.7 Å². The molecule has 2 aliphatic rings. The molecule has 1 aromatic carbocycles. The SMILES string of the molecule is CN1CCc2c(sc3ncn(CCCN4CCN(c5ccccc5Cl)CC4)c(=N)c23)C1. The number of para-hydroxylation sites is 1. The number of hydrogen-bond acceptors (Lipinski definition) is 6. The van der Waals surface area contributed by atoms with E-state index in [-0.39, 0.29) is 0 Å². The van der Waals surface area contributed by atoms with E-state index >= 15 is 0 Å². The molecule has 0 bridgehead atoms. The summed E-state index contributed by atoms with van der Waals surface area (Å²) in [7, 11) is 2.16. The molecule has 3 aromatic rings. The maximum absolute atomic E-state index is 8.79. The molecule has 31 heavy (non-hydrogen) atoms. The van der Waals surface area contributed by atoms with E-state index in [9.17, 15) is 0 Å². The molecular weight excluding hydrogens is 428 g/mol. The number of rotatable bonds is 5. The van der Waals surface area contributed by atoms with Crippen LogP contribution < -0.4 is 10.4 Å². The minimum Gasteiger partial charge on any atom is -0.368 e. The van der Waals surface area contributed by atoms with Crippen LogP contribution in [-0.2, 0) is 19.5 Å². The second-order valence-corrected chi connectivity index (χ2v) is 10.1. The van der Waals surface area contributed by atoms with Crippen LogP contribution in [0.2, 0.25) is 5.02 Å². The topological polar surface area (TPSA) is 51.4 Å². The van der Waals surface area contributed by atoms with Crippen LogP contribution in [0.1, 0.15) is 16.9 Å². The molecule has 2 aromatic heterocycles. The Morgan fingerprint density at radius 2 is 1.90 bits per heavy atom. The van der Waals surface area contributed by atoms with Gasteiger partial charge in [-0.2, -0.15) is 0 Å². The quantitative estimate of drug-likeness (QED) is 0.639. The van der Waals surface area contributed by atoms with E-state index in [1.807, 2.05) is 23.0 Å². The highest BCUT2D eigenvalue weighted by Crippen LogP contribution is 2.31. The minimum absolute atomic E-state index is 0.635. The van der Waals surface area contributed by atoms with Gasteiger partial charge in [-0.05, 0) is 44.1 Å². The zero-order valence-corrected chi connectivity index (χ0v) is 19.6. The number of aromatic nitrogens is 2. The summed E-state index contributed by atoms with van der Waals surface area (Å²) in [4.78, 5) is 14.4. The van der Waals surface area contributed by atoms with Gasteiger partial charge in [0.15, 0.2) is 0 Å². The van der Waals surface area contributed by atoms with E-state index < -0.39 is 0 Å². The van der Waals surface area contributed by atoms with E-state index in [0.29, 0.717) is 5.49 Å². The largest absolute Gasteiger partial charge is 0.368 e. The molecule has 8 heteroatoms. The molecule has 0 amide bonds. The molecule has 1 N–H and O–H groups in total. The van der Waals surface area contributed by atoms with Crippen LogP contribution in [0.25, 0.3) is 10.2 Å². The number of halogens is 1. The van der Waals surface area contributed by atoms with E-state index in [4.69, 9.17) is 22.0 Å². The third-order valence-electron chi connectivity index (χ3n) is 6.51. The maximum Gasteiger partial charge on any atom is 0.136 e. The Labute approximate surface area is 192 Å². The minimum atomic E-state index is 0.635. The Bertz CT molecular complexity index is 1130. The lowest BCUT2D eigenvalue weighted by Gasteiger charge is -2.36. The molecule has 164 valence electrons. The highest BCUT2D eigenvalue weighted by Gasteiger charge is 2.21. The lowest BCUT2D eigenvalue weighted by Crippen LogP contribution is -2.46. The van der Waals surface area contributed by atoms with Gasteiger partial charge < -0.3 is 14.4 Å². The van der Waals surface area contributed by atoms with Gasteiger partial charge in [0.05, 0.1) is 22.4 Å². The zero-order valence-electron chi connectivity index (χ0n) is 18.0. The summed E-state index contributed by atoms with van der Waals surface area (Å²) in [6.45, 7) is 8.04. The first-order valence-corrected chi connectivity index (χ1v) is 12.2. The lowest BCUT2D eigenvalue weighted by atomic mass is 10.1. The van der Waals surface area contributed by atoms with Crippen molar-refractivity contribution in [3.8, 4) is 0 Å². The van der Waals surface area contributed by atoms with Crippen molar-refractivity contribution in [2.75, 3.05) is 51.2 Å². The van der Waals surface area contributed by atoms with Crippen molar-refractivity contribution >= 4 is 38.8 Å². The number of benzene rings is 1. The number of piperazine rings is 1. The molecule has 4 heterocycles. The predicted molar refractivity (Wildman–Crippen MR) is 128 cm³/mol. The summed E-state index contributed by atoms with van der Waals surface area (Å²) in [6, 6.07) is 8.11. The Morgan fingerprint density at radius 1 is 1.10 bits per heavy atom. The molecule has 0 spiro atoms. The third kappa shape index (κ3) is 4.24. The Kier molecular flexibility index (Phi) is 6.01. The van der Waals surface area contributed by atoms with Crippen molar-refractivity contribution in [3.05, 3.63) is 51.5 Å². The first kappa shape index (κ1) is 20.9. The van der Waals surface area contributed by atoms with Gasteiger partial charge in [-0.25, -0.2) is 4.98 Å². The van der Waals surface area contributed by atoms with Crippen LogP contribution >= 0.6 is 22.9 Å². The van der Waals surface area contributed by atoms with Crippen LogP contribution in [0.3, 0.4) is 0 Å². The maximum atomic E-state index is 8.79. The van der Waals surface area contributed by atoms with Crippen molar-refractivity contribution in [1.29, 1.82) is 5.41 Å². The van der Waals surface area contributed by atoms with Crippen molar-refractivity contribution in [2.24, 2.45) is 0 Å². The molecular formula is C23H29ClN6S. The van der Waals surface area contributed by atoms with E-state index in [1.165, 1.54) is 10.4 Å². The normalized spacial score (nSPS) is 17.9. The van der Waals surface area contributed by atoms with Crippen molar-refractivity contribution in [3.63, 3.8) is 0 Å². The highest BCUT2D eigenvalue weighted by atomic mass is 35.5. The van der Waals surface area contributed by atoms with Gasteiger partial charge in [0.2, 0.25) is 0 Å². The lowest BCUT2D eigenvalue weighted by molar-refractivity contribution is 0.250. The number of thiophene rings is 1. The van der Waals surface area contributed by atoms with Gasteiger partial charge in [-0.1, -0.05) is 23.7 Å². The molecule has 0 aliphatic carbocycles. The number of hydrogen-bond donors (Lipinski definition) is 1. The smallest absolute Gasteiger partial charge is 0.136 e. The monoisotopic (exact) mass is 456 g/mol. The van der Waals surface area contributed by atoms with Gasteiger partial charge in [0.25, 0.3) is 0 Å². The third-order valence-corrected chi connectivity index (χ3v) is 7.95. The molecule has 0 atom stereocenters. The van der Waals surface area contributed by atoms with Crippen molar-refractivity contribution < 1.29 is 0 Å². The van der Waals surface area contributed by atoms with E-state index in [2.05, 4.69) is 33.9 Å². The molecule has 6 nitrogen and oxygen atoms in total. The Morgan fingerprint density at radius 3 is 2.71 bits per heavy atom. The van der Waals surface area contributed by atoms with Crippen LogP contribution in [0, 0.1) is 5.41 Å². The second kappa shape index (κ2) is 8.90. The molecule has 0 radical (unpaired) electrons. The van der Waals surface area contributed by atoms with Gasteiger partial charge in [-0.15, -0.1) is 11.3 Å². The summed E-state index contributed by atoms with van der Waals surface area (Å²) >= 11 is 8.13. The predicted octanol–water partition coefficient (Wildman–Crippen LogP) is 3.43. The van der Waals surface area contributed by atoms with Gasteiger partial charge in [0, 0.05) is 50.7 Å². The first-order valence-electron chi connectivity index (χ1n) is 11.0. The molecule has 2 aliphatic heterocycles. The number of anilines is 1. The van der Waals surface area contributed by atoms with Gasteiger partial charge >= 0.3 is 0 Å². The summed E-state index contributed by atoms with van der Waals surface area (Å²) in [5.41, 5.74) is 3.14. The number of aryl methyl sites for hydroxylation is 1. The van der Waals surface area contributed by atoms with Crippen molar-refractivity contribution in [1.82, 2.24) is 19.4 Å². The summed E-state index contributed by atoms with van der Waals surface area (Å²) in [5.74, 6) is 0. The number of fused-ring (bicyclic) bond motifs is 3. The first-order chi connectivity index (χ1) is 15.1. The van der Waals surface area contributed by atoms with Crippen LogP contribution in [0.15, 0.2) is 30.6 Å². The molecule has 1 saturated heterocycles. The second-order valence-electron chi connectivity index (χ2n) is 8.59. The summed E-state index contributed by atoms with van der Waals surface area (Å²) in [6.07, 6.45) is 3.93. The molecule has 1 fully saturated rings. The standard InChI is InChI=1S/C23H29ClN6S/c1-27-10-7-17-20(15-27)31-23-21(17)22(25)30(16-26-23)9-4-8-28-11-13-29(14-12-28)19-6-3-2-5-18(19)24/h2-3,5-6,16,25H,4,7-15H2,1H3. The van der Waals surface area contributed by atoms with E-state index in [1.54, 1.807) is 11.3 Å². The summed E-state index contributed by atoms with van der Waals surface area (Å²) in [5, 5.41) is 10.7. The van der Waals surface area contributed by atoms with Gasteiger partial charge in [0.1, 0.15) is 10.3 Å². The Hall–Kier alpha value is -1.93. The highest BCUT2D eigenvalue weighted by molar-refractivity contribution is 7.18. The fraction of sp³-hybridized carbons (Fsp3) is 0.478. The summed E-state index contributed by atoms with van der Waals surface area (Å²) < 4.78 is 2.04. The molecule has 0 saturated carbocycles. The number of nitrogens with one attached hydrogen (secondary N) is 1. The Balaban J connectivity index is 1.19. The van der Waals surface area contributed by atoms with Gasteiger partial charge in [-0.3, -0.25) is 10.3 Å².